The van der Waals surface area contributed by atoms with Crippen LogP contribution in [0.4, 0.5) is 0 Å². The molecule has 0 saturated carbocycles. The number of aromatic nitrogens is 1. The molecule has 0 fully saturated rings. The molecule has 0 aliphatic heterocycles. The smallest absolute Gasteiger partial charge is 0.141 e. The van der Waals surface area contributed by atoms with E-state index in [9.17, 15) is 5.11 Å². The molecule has 1 heterocycles. The van der Waals surface area contributed by atoms with Crippen LogP contribution in [0, 0.1) is 0 Å². The van der Waals surface area contributed by atoms with Gasteiger partial charge in [-0.05, 0) is 29.0 Å². The van der Waals surface area contributed by atoms with Crippen LogP contribution in [0.15, 0.2) is 60.8 Å². The predicted octanol–water partition coefficient (Wildman–Crippen LogP) is 3.61. The van der Waals surface area contributed by atoms with Crippen molar-refractivity contribution in [3.05, 3.63) is 60.8 Å². The highest BCUT2D eigenvalue weighted by Crippen LogP contribution is 2.28. The molecule has 82 valence electrons. The normalized spacial score (nSPS) is 10.6. The summed E-state index contributed by atoms with van der Waals surface area (Å²) in [6.45, 7) is 0. The van der Waals surface area contributed by atoms with Gasteiger partial charge in [0, 0.05) is 11.8 Å². The lowest BCUT2D eigenvalue weighted by Gasteiger charge is -2.04. The Morgan fingerprint density at radius 1 is 0.824 bits per heavy atom. The van der Waals surface area contributed by atoms with E-state index in [1.165, 1.54) is 5.39 Å². The molecular weight excluding hydrogens is 210 g/mol. The highest BCUT2D eigenvalue weighted by atomic mass is 16.3. The van der Waals surface area contributed by atoms with Gasteiger partial charge in [-0.25, -0.2) is 0 Å². The van der Waals surface area contributed by atoms with Crippen LogP contribution in [0.1, 0.15) is 0 Å². The number of nitrogens with zero attached hydrogens (tertiary/aromatic N) is 1. The number of benzene rings is 2. The summed E-state index contributed by atoms with van der Waals surface area (Å²) in [7, 11) is 0. The summed E-state index contributed by atoms with van der Waals surface area (Å²) < 4.78 is 0. The van der Waals surface area contributed by atoms with Gasteiger partial charge in [-0.3, -0.25) is 4.98 Å². The van der Waals surface area contributed by atoms with Crippen LogP contribution in [0.3, 0.4) is 0 Å². The molecule has 0 unspecified atom stereocenters. The topological polar surface area (TPSA) is 33.1 Å². The molecule has 3 rings (SSSR count). The van der Waals surface area contributed by atoms with Gasteiger partial charge in [0.25, 0.3) is 0 Å². The van der Waals surface area contributed by atoms with Gasteiger partial charge in [0.05, 0.1) is 0 Å². The third kappa shape index (κ3) is 1.74. The number of hydrogen-bond donors (Lipinski definition) is 1. The van der Waals surface area contributed by atoms with Gasteiger partial charge >= 0.3 is 0 Å². The monoisotopic (exact) mass is 221 g/mol. The van der Waals surface area contributed by atoms with Crippen LogP contribution in [-0.2, 0) is 0 Å². The van der Waals surface area contributed by atoms with E-state index in [0.29, 0.717) is 5.69 Å². The fraction of sp³-hybridized carbons (Fsp3) is 0. The minimum absolute atomic E-state index is 0.211. The van der Waals surface area contributed by atoms with Crippen LogP contribution in [-0.4, -0.2) is 10.1 Å². The Morgan fingerprint density at radius 3 is 2.47 bits per heavy atom. The van der Waals surface area contributed by atoms with Gasteiger partial charge in [0.2, 0.25) is 0 Å². The minimum Gasteiger partial charge on any atom is -0.506 e. The summed E-state index contributed by atoms with van der Waals surface area (Å²) in [6, 6.07) is 17.6. The van der Waals surface area contributed by atoms with Crippen LogP contribution in [0.25, 0.3) is 22.0 Å². The van der Waals surface area contributed by atoms with Crippen LogP contribution < -0.4 is 0 Å². The summed E-state index contributed by atoms with van der Waals surface area (Å²) >= 11 is 0. The fourth-order valence-electron chi connectivity index (χ4n) is 1.96. The predicted molar refractivity (Wildman–Crippen MR) is 68.8 cm³/mol. The molecule has 0 bridgehead atoms. The molecule has 0 aliphatic rings. The lowest BCUT2D eigenvalue weighted by molar-refractivity contribution is 0.475. The molecule has 0 amide bonds. The molecule has 0 spiro atoms. The van der Waals surface area contributed by atoms with Crippen molar-refractivity contribution in [2.75, 3.05) is 0 Å². The quantitative estimate of drug-likeness (QED) is 0.681. The number of rotatable bonds is 1. The molecule has 2 heteroatoms. The van der Waals surface area contributed by atoms with Gasteiger partial charge in [0.1, 0.15) is 11.4 Å². The van der Waals surface area contributed by atoms with E-state index >= 15 is 0 Å². The summed E-state index contributed by atoms with van der Waals surface area (Å²) in [5.74, 6) is 0.211. The average molecular weight is 221 g/mol. The van der Waals surface area contributed by atoms with E-state index in [4.69, 9.17) is 0 Å². The summed E-state index contributed by atoms with van der Waals surface area (Å²) in [5, 5.41) is 12.1. The largest absolute Gasteiger partial charge is 0.506 e. The Balaban J connectivity index is 2.22. The first-order valence-corrected chi connectivity index (χ1v) is 5.48. The van der Waals surface area contributed by atoms with Crippen molar-refractivity contribution in [1.29, 1.82) is 0 Å². The Bertz CT molecular complexity index is 676. The van der Waals surface area contributed by atoms with Crippen molar-refractivity contribution in [2.24, 2.45) is 0 Å². The second-order valence-electron chi connectivity index (χ2n) is 3.93. The molecule has 3 aromatic rings. The third-order valence-corrected chi connectivity index (χ3v) is 2.81. The zero-order valence-electron chi connectivity index (χ0n) is 9.17. The molecule has 0 atom stereocenters. The van der Waals surface area contributed by atoms with Gasteiger partial charge in [-0.15, -0.1) is 0 Å². The number of aromatic hydroxyl groups is 1. The second kappa shape index (κ2) is 3.91. The fourth-order valence-corrected chi connectivity index (χ4v) is 1.96. The molecule has 1 aromatic heterocycles. The van der Waals surface area contributed by atoms with Crippen molar-refractivity contribution in [2.45, 2.75) is 0 Å². The standard InChI is InChI=1S/C15H11NO/c17-14-6-3-9-16-15(14)13-8-7-11-4-1-2-5-12(11)10-13/h1-10,17H. The molecule has 2 nitrogen and oxygen atoms in total. The molecule has 0 saturated heterocycles. The highest BCUT2D eigenvalue weighted by molar-refractivity contribution is 5.87. The van der Waals surface area contributed by atoms with Crippen molar-refractivity contribution in [3.63, 3.8) is 0 Å². The van der Waals surface area contributed by atoms with Crippen LogP contribution >= 0.6 is 0 Å². The summed E-state index contributed by atoms with van der Waals surface area (Å²) in [5.41, 5.74) is 1.56. The lowest BCUT2D eigenvalue weighted by atomic mass is 10.0. The maximum Gasteiger partial charge on any atom is 0.141 e. The molecule has 2 aromatic carbocycles. The average Bonchev–Trinajstić information content (AvgIpc) is 2.39. The number of fused-ring (bicyclic) bond motifs is 1. The Morgan fingerprint density at radius 2 is 1.65 bits per heavy atom. The van der Waals surface area contributed by atoms with Gasteiger partial charge in [0.15, 0.2) is 0 Å². The van der Waals surface area contributed by atoms with E-state index in [1.807, 2.05) is 30.3 Å². The van der Waals surface area contributed by atoms with Crippen molar-refractivity contribution < 1.29 is 5.11 Å². The maximum absolute atomic E-state index is 9.77. The van der Waals surface area contributed by atoms with Crippen molar-refractivity contribution in [1.82, 2.24) is 4.98 Å². The van der Waals surface area contributed by atoms with Gasteiger partial charge < -0.3 is 5.11 Å². The third-order valence-electron chi connectivity index (χ3n) is 2.81. The van der Waals surface area contributed by atoms with Crippen LogP contribution in [0.5, 0.6) is 5.75 Å². The van der Waals surface area contributed by atoms with E-state index < -0.39 is 0 Å². The SMILES string of the molecule is Oc1cccnc1-c1ccc2ccccc2c1. The molecule has 1 N–H and O–H groups in total. The number of hydrogen-bond acceptors (Lipinski definition) is 2. The van der Waals surface area contributed by atoms with Crippen molar-refractivity contribution in [3.8, 4) is 17.0 Å². The molecular formula is C15H11NO. The summed E-state index contributed by atoms with van der Waals surface area (Å²) in [4.78, 5) is 4.21. The Hall–Kier alpha value is -2.35. The first kappa shape index (κ1) is 9.85. The maximum atomic E-state index is 9.77. The molecule has 17 heavy (non-hydrogen) atoms. The first-order valence-electron chi connectivity index (χ1n) is 5.48. The lowest BCUT2D eigenvalue weighted by Crippen LogP contribution is -1.83. The van der Waals surface area contributed by atoms with Gasteiger partial charge in [-0.1, -0.05) is 36.4 Å². The minimum atomic E-state index is 0.211. The van der Waals surface area contributed by atoms with E-state index in [2.05, 4.69) is 17.1 Å². The Kier molecular flexibility index (Phi) is 2.26. The number of pyridine rings is 1. The van der Waals surface area contributed by atoms with Gasteiger partial charge in [-0.2, -0.15) is 0 Å². The van der Waals surface area contributed by atoms with Crippen molar-refractivity contribution >= 4 is 10.8 Å². The summed E-state index contributed by atoms with van der Waals surface area (Å²) in [6.07, 6.45) is 1.68. The van der Waals surface area contributed by atoms with E-state index in [-0.39, 0.29) is 5.75 Å². The zero-order chi connectivity index (χ0) is 11.7. The molecule has 0 aliphatic carbocycles. The van der Waals surface area contributed by atoms with E-state index in [0.717, 1.165) is 10.9 Å². The second-order valence-corrected chi connectivity index (χ2v) is 3.93. The van der Waals surface area contributed by atoms with E-state index in [1.54, 1.807) is 18.3 Å². The molecule has 0 radical (unpaired) electrons. The van der Waals surface area contributed by atoms with Crippen LogP contribution in [0.2, 0.25) is 0 Å². The Labute approximate surface area is 99.2 Å². The highest BCUT2D eigenvalue weighted by Gasteiger charge is 2.05. The first-order chi connectivity index (χ1) is 8.34. The zero-order valence-corrected chi connectivity index (χ0v) is 9.17.